The quantitative estimate of drug-likeness (QED) is 0.589. The number of hydrogen-bond acceptors (Lipinski definition) is 2. The van der Waals surface area contributed by atoms with Gasteiger partial charge in [0.15, 0.2) is 5.78 Å². The molecule has 0 aliphatic rings. The lowest BCUT2D eigenvalue weighted by molar-refractivity contribution is 0.100. The number of carbonyl (C=O) groups excluding carboxylic acids is 1. The molecule has 0 aliphatic carbocycles. The Morgan fingerprint density at radius 2 is 1.95 bits per heavy atom. The second-order valence-corrected chi connectivity index (χ2v) is 4.72. The number of Topliss-reactive ketones (excluding diaryl/α,β-unsaturated/α-hetero) is 1. The van der Waals surface area contributed by atoms with Crippen LogP contribution in [0.3, 0.4) is 0 Å². The van der Waals surface area contributed by atoms with Crippen LogP contribution in [0.1, 0.15) is 22.3 Å². The van der Waals surface area contributed by atoms with Gasteiger partial charge in [0.2, 0.25) is 0 Å². The first-order valence-corrected chi connectivity index (χ1v) is 6.41. The molecule has 0 atom stereocenters. The Morgan fingerprint density at radius 3 is 2.63 bits per heavy atom. The van der Waals surface area contributed by atoms with Crippen LogP contribution in [-0.4, -0.2) is 12.0 Å². The molecule has 96 valence electrons. The van der Waals surface area contributed by atoms with Gasteiger partial charge >= 0.3 is 0 Å². The van der Waals surface area contributed by atoms with Gasteiger partial charge in [0.05, 0.1) is 5.69 Å². The van der Waals surface area contributed by atoms with Gasteiger partial charge in [0.1, 0.15) is 0 Å². The van der Waals surface area contributed by atoms with Crippen molar-refractivity contribution < 1.29 is 4.79 Å². The highest BCUT2D eigenvalue weighted by Gasteiger charge is 2.03. The lowest BCUT2D eigenvalue weighted by Crippen LogP contribution is -1.98. The van der Waals surface area contributed by atoms with Gasteiger partial charge in [0, 0.05) is 23.2 Å². The molecular formula is C16H14ClNO. The van der Waals surface area contributed by atoms with Crippen molar-refractivity contribution in [3.63, 3.8) is 0 Å². The molecule has 2 nitrogen and oxygen atoms in total. The van der Waals surface area contributed by atoms with Crippen LogP contribution in [0, 0.1) is 6.92 Å². The SMILES string of the molecule is Cc1cccc(N=CCC(=O)c2ccc(Cl)cc2)c1. The Balaban J connectivity index is 1.98. The Bertz CT molecular complexity index is 602. The fourth-order valence-electron chi connectivity index (χ4n) is 1.70. The maximum atomic E-state index is 11.9. The summed E-state index contributed by atoms with van der Waals surface area (Å²) >= 11 is 5.78. The molecule has 0 spiro atoms. The highest BCUT2D eigenvalue weighted by atomic mass is 35.5. The summed E-state index contributed by atoms with van der Waals surface area (Å²) in [5.74, 6) is 0.0352. The molecule has 2 rings (SSSR count). The molecule has 0 aliphatic heterocycles. The molecule has 19 heavy (non-hydrogen) atoms. The van der Waals surface area contributed by atoms with Crippen molar-refractivity contribution in [1.29, 1.82) is 0 Å². The highest BCUT2D eigenvalue weighted by molar-refractivity contribution is 6.30. The Labute approximate surface area is 117 Å². The molecule has 2 aromatic carbocycles. The summed E-state index contributed by atoms with van der Waals surface area (Å²) in [6.45, 7) is 2.01. The van der Waals surface area contributed by atoms with Crippen LogP contribution in [0.25, 0.3) is 0 Å². The number of benzene rings is 2. The predicted octanol–water partition coefficient (Wildman–Crippen LogP) is 4.62. The average Bonchev–Trinajstić information content (AvgIpc) is 2.39. The average molecular weight is 272 g/mol. The number of halogens is 1. The number of aliphatic imine (C=N–C) groups is 1. The van der Waals surface area contributed by atoms with E-state index in [9.17, 15) is 4.79 Å². The molecule has 0 bridgehead atoms. The summed E-state index contributed by atoms with van der Waals surface area (Å²) in [5.41, 5.74) is 2.67. The van der Waals surface area contributed by atoms with Crippen LogP contribution in [0.4, 0.5) is 5.69 Å². The molecule has 0 amide bonds. The molecule has 0 unspecified atom stereocenters. The van der Waals surface area contributed by atoms with E-state index in [1.165, 1.54) is 0 Å². The number of aryl methyl sites for hydroxylation is 1. The Hall–Kier alpha value is -1.93. The fourth-order valence-corrected chi connectivity index (χ4v) is 1.82. The maximum absolute atomic E-state index is 11.9. The van der Waals surface area contributed by atoms with Crippen molar-refractivity contribution in [1.82, 2.24) is 0 Å². The number of carbonyl (C=O) groups is 1. The van der Waals surface area contributed by atoms with E-state index in [4.69, 9.17) is 11.6 Å². The molecular weight excluding hydrogens is 258 g/mol. The minimum Gasteiger partial charge on any atom is -0.294 e. The van der Waals surface area contributed by atoms with Gasteiger partial charge in [-0.1, -0.05) is 23.7 Å². The monoisotopic (exact) mass is 271 g/mol. The Morgan fingerprint density at radius 1 is 1.21 bits per heavy atom. The molecule has 3 heteroatoms. The van der Waals surface area contributed by atoms with E-state index < -0.39 is 0 Å². The first kappa shape index (κ1) is 13.5. The van der Waals surface area contributed by atoms with Gasteiger partial charge in [-0.15, -0.1) is 0 Å². The summed E-state index contributed by atoms with van der Waals surface area (Å²) in [6, 6.07) is 14.7. The fraction of sp³-hybridized carbons (Fsp3) is 0.125. The van der Waals surface area contributed by atoms with Gasteiger partial charge in [-0.05, 0) is 48.9 Å². The van der Waals surface area contributed by atoms with E-state index in [1.807, 2.05) is 31.2 Å². The molecule has 0 heterocycles. The third-order valence-electron chi connectivity index (χ3n) is 2.68. The van der Waals surface area contributed by atoms with Gasteiger partial charge in [0.25, 0.3) is 0 Å². The van der Waals surface area contributed by atoms with Crippen molar-refractivity contribution in [3.8, 4) is 0 Å². The van der Waals surface area contributed by atoms with Crippen LogP contribution < -0.4 is 0 Å². The first-order chi connectivity index (χ1) is 9.15. The summed E-state index contributed by atoms with van der Waals surface area (Å²) < 4.78 is 0. The topological polar surface area (TPSA) is 29.4 Å². The Kier molecular flexibility index (Phi) is 4.48. The van der Waals surface area contributed by atoms with Crippen molar-refractivity contribution in [3.05, 3.63) is 64.7 Å². The largest absolute Gasteiger partial charge is 0.294 e. The van der Waals surface area contributed by atoms with Crippen LogP contribution in [0.2, 0.25) is 5.02 Å². The van der Waals surface area contributed by atoms with E-state index in [-0.39, 0.29) is 12.2 Å². The second-order valence-electron chi connectivity index (χ2n) is 4.28. The van der Waals surface area contributed by atoms with E-state index in [0.717, 1.165) is 11.3 Å². The predicted molar refractivity (Wildman–Crippen MR) is 79.7 cm³/mol. The van der Waals surface area contributed by atoms with Crippen LogP contribution in [-0.2, 0) is 0 Å². The number of hydrogen-bond donors (Lipinski definition) is 0. The summed E-state index contributed by atoms with van der Waals surface area (Å²) in [6.07, 6.45) is 1.93. The van der Waals surface area contributed by atoms with E-state index in [2.05, 4.69) is 4.99 Å². The van der Waals surface area contributed by atoms with Gasteiger partial charge in [-0.2, -0.15) is 0 Å². The molecule has 0 saturated heterocycles. The second kappa shape index (κ2) is 6.30. The molecule has 0 N–H and O–H groups in total. The number of rotatable bonds is 4. The zero-order valence-electron chi connectivity index (χ0n) is 10.6. The zero-order valence-corrected chi connectivity index (χ0v) is 11.4. The van der Waals surface area contributed by atoms with E-state index >= 15 is 0 Å². The molecule has 0 aromatic heterocycles. The minimum absolute atomic E-state index is 0.0352. The van der Waals surface area contributed by atoms with Crippen LogP contribution >= 0.6 is 11.6 Å². The molecule has 0 saturated carbocycles. The summed E-state index contributed by atoms with van der Waals surface area (Å²) in [4.78, 5) is 16.2. The highest BCUT2D eigenvalue weighted by Crippen LogP contribution is 2.14. The van der Waals surface area contributed by atoms with Gasteiger partial charge in [-0.25, -0.2) is 0 Å². The normalized spacial score (nSPS) is 10.8. The third-order valence-corrected chi connectivity index (χ3v) is 2.94. The molecule has 2 aromatic rings. The van der Waals surface area contributed by atoms with Crippen LogP contribution in [0.15, 0.2) is 53.5 Å². The van der Waals surface area contributed by atoms with E-state index in [1.54, 1.807) is 30.5 Å². The van der Waals surface area contributed by atoms with E-state index in [0.29, 0.717) is 10.6 Å². The first-order valence-electron chi connectivity index (χ1n) is 6.03. The third kappa shape index (κ3) is 4.04. The van der Waals surface area contributed by atoms with Gasteiger partial charge in [-0.3, -0.25) is 9.79 Å². The van der Waals surface area contributed by atoms with Gasteiger partial charge < -0.3 is 0 Å². The summed E-state index contributed by atoms with van der Waals surface area (Å²) in [7, 11) is 0. The van der Waals surface area contributed by atoms with Crippen molar-refractivity contribution in [2.45, 2.75) is 13.3 Å². The lowest BCUT2D eigenvalue weighted by Gasteiger charge is -1.98. The standard InChI is InChI=1S/C16H14ClNO/c1-12-3-2-4-15(11-12)18-10-9-16(19)13-5-7-14(17)8-6-13/h2-8,10-11H,9H2,1H3. The number of ketones is 1. The number of nitrogens with zero attached hydrogens (tertiary/aromatic N) is 1. The smallest absolute Gasteiger partial charge is 0.168 e. The maximum Gasteiger partial charge on any atom is 0.168 e. The molecule has 0 radical (unpaired) electrons. The van der Waals surface area contributed by atoms with Crippen molar-refractivity contribution in [2.24, 2.45) is 4.99 Å². The van der Waals surface area contributed by atoms with Crippen LogP contribution in [0.5, 0.6) is 0 Å². The molecule has 0 fully saturated rings. The van der Waals surface area contributed by atoms with Crippen molar-refractivity contribution in [2.75, 3.05) is 0 Å². The minimum atomic E-state index is 0.0352. The zero-order chi connectivity index (χ0) is 13.7. The summed E-state index contributed by atoms with van der Waals surface area (Å²) in [5, 5.41) is 0.630. The lowest BCUT2D eigenvalue weighted by atomic mass is 10.1. The van der Waals surface area contributed by atoms with Crippen molar-refractivity contribution >= 4 is 29.3 Å².